The first-order valence-corrected chi connectivity index (χ1v) is 15.6. The van der Waals surface area contributed by atoms with Crippen LogP contribution in [0.4, 0.5) is 15.8 Å². The molecule has 0 bridgehead atoms. The van der Waals surface area contributed by atoms with Gasteiger partial charge in [0, 0.05) is 74.5 Å². The molecule has 1 aromatic heterocycles. The molecule has 44 heavy (non-hydrogen) atoms. The highest BCUT2D eigenvalue weighted by molar-refractivity contribution is 6.38. The topological polar surface area (TPSA) is 92.9 Å². The van der Waals surface area contributed by atoms with Gasteiger partial charge in [-0.1, -0.05) is 25.1 Å². The second-order valence-corrected chi connectivity index (χ2v) is 12.2. The Morgan fingerprint density at radius 3 is 2.45 bits per heavy atom. The van der Waals surface area contributed by atoms with E-state index in [1.165, 1.54) is 12.1 Å². The fourth-order valence-electron chi connectivity index (χ4n) is 7.61. The summed E-state index contributed by atoms with van der Waals surface area (Å²) in [6.07, 6.45) is 2.74. The highest BCUT2D eigenvalue weighted by Crippen LogP contribution is 2.46. The van der Waals surface area contributed by atoms with Gasteiger partial charge in [0.05, 0.1) is 35.6 Å². The Balaban J connectivity index is 1.29. The zero-order chi connectivity index (χ0) is 30.4. The molecule has 1 spiro atoms. The summed E-state index contributed by atoms with van der Waals surface area (Å²) in [5.74, 6) is -0.430. The van der Waals surface area contributed by atoms with Gasteiger partial charge in [-0.3, -0.25) is 19.4 Å². The minimum atomic E-state index is -0.416. The number of aromatic nitrogens is 1. The van der Waals surface area contributed by atoms with E-state index in [-0.39, 0.29) is 23.5 Å². The zero-order valence-electron chi connectivity index (χ0n) is 25.3. The molecule has 0 radical (unpaired) electrons. The second-order valence-electron chi connectivity index (χ2n) is 12.2. The average molecular weight is 599 g/mol. The van der Waals surface area contributed by atoms with Crippen LogP contribution in [0.25, 0.3) is 11.6 Å². The van der Waals surface area contributed by atoms with E-state index in [1.807, 2.05) is 37.3 Å². The summed E-state index contributed by atoms with van der Waals surface area (Å²) in [6.45, 7) is 10.9. The lowest BCUT2D eigenvalue weighted by Gasteiger charge is -2.54. The van der Waals surface area contributed by atoms with Gasteiger partial charge in [0.25, 0.3) is 11.8 Å². The van der Waals surface area contributed by atoms with E-state index >= 15 is 0 Å². The third-order valence-corrected chi connectivity index (χ3v) is 9.82. The number of nitrogens with zero attached hydrogens (tertiary/aromatic N) is 3. The molecule has 1 atom stereocenters. The monoisotopic (exact) mass is 598 g/mol. The lowest BCUT2D eigenvalue weighted by Crippen LogP contribution is -2.71. The maximum absolute atomic E-state index is 14.5. The Bertz CT molecular complexity index is 1600. The number of aromatic amines is 1. The molecule has 4 aliphatic heterocycles. The number of benzene rings is 2. The number of H-pyrrole nitrogens is 1. The van der Waals surface area contributed by atoms with Crippen LogP contribution in [0, 0.1) is 12.7 Å². The molecule has 2 amide bonds. The predicted octanol–water partition coefficient (Wildman–Crippen LogP) is 3.85. The molecule has 9 nitrogen and oxygen atoms in total. The predicted molar refractivity (Wildman–Crippen MR) is 168 cm³/mol. The van der Waals surface area contributed by atoms with Crippen molar-refractivity contribution in [1.82, 2.24) is 25.4 Å². The van der Waals surface area contributed by atoms with Crippen molar-refractivity contribution in [2.24, 2.45) is 0 Å². The van der Waals surface area contributed by atoms with Crippen molar-refractivity contribution in [2.75, 3.05) is 64.1 Å². The maximum atomic E-state index is 14.5. The Labute approximate surface area is 257 Å². The number of amides is 2. The summed E-state index contributed by atoms with van der Waals surface area (Å²) in [6, 6.07) is 13.6. The zero-order valence-corrected chi connectivity index (χ0v) is 25.3. The molecule has 2 saturated heterocycles. The van der Waals surface area contributed by atoms with Gasteiger partial charge >= 0.3 is 0 Å². The summed E-state index contributed by atoms with van der Waals surface area (Å²) in [4.78, 5) is 38.2. The molecule has 230 valence electrons. The summed E-state index contributed by atoms with van der Waals surface area (Å²) < 4.78 is 19.3. The normalized spacial score (nSPS) is 22.6. The smallest absolute Gasteiger partial charge is 0.263 e. The molecular weight excluding hydrogens is 559 g/mol. The molecule has 10 heteroatoms. The molecule has 5 heterocycles. The number of carbonyl (C=O) groups excluding carboxylic acids is 2. The van der Waals surface area contributed by atoms with Crippen LogP contribution >= 0.6 is 0 Å². The molecule has 0 saturated carbocycles. The highest BCUT2D eigenvalue weighted by Gasteiger charge is 2.53. The number of ether oxygens (including phenoxy) is 1. The quantitative estimate of drug-likeness (QED) is 0.374. The van der Waals surface area contributed by atoms with Gasteiger partial charge in [-0.05, 0) is 55.3 Å². The average Bonchev–Trinajstić information content (AvgIpc) is 3.51. The van der Waals surface area contributed by atoms with E-state index in [4.69, 9.17) is 4.74 Å². The van der Waals surface area contributed by atoms with E-state index in [2.05, 4.69) is 32.3 Å². The van der Waals surface area contributed by atoms with Crippen molar-refractivity contribution in [3.05, 3.63) is 82.4 Å². The Kier molecular flexibility index (Phi) is 7.62. The number of halogens is 1. The van der Waals surface area contributed by atoms with E-state index in [0.717, 1.165) is 73.0 Å². The molecule has 1 unspecified atom stereocenters. The minimum absolute atomic E-state index is 0.0351. The van der Waals surface area contributed by atoms with Crippen molar-refractivity contribution in [1.29, 1.82) is 0 Å². The number of para-hydroxylation sites is 1. The Morgan fingerprint density at radius 2 is 1.73 bits per heavy atom. The van der Waals surface area contributed by atoms with Crippen LogP contribution < -0.4 is 15.5 Å². The molecule has 3 N–H and O–H groups in total. The van der Waals surface area contributed by atoms with Crippen LogP contribution in [0.3, 0.4) is 0 Å². The fraction of sp³-hybridized carbons (Fsp3) is 0.412. The number of hydrogen-bond acceptors (Lipinski definition) is 6. The van der Waals surface area contributed by atoms with Crippen LogP contribution in [0.15, 0.2) is 48.5 Å². The van der Waals surface area contributed by atoms with Crippen LogP contribution in [0.5, 0.6) is 0 Å². The molecule has 7 rings (SSSR count). The number of morpholine rings is 1. The SMILES string of the molecule is CCC1c2[nH]c(/C=C3\C(=O)N(c4ccc(F)cc4)c4ccccc43)c(C)c2C(=O)N(CCN2CCOCC2)C12CNCNC2. The van der Waals surface area contributed by atoms with Crippen molar-refractivity contribution in [3.8, 4) is 0 Å². The number of carbonyl (C=O) groups is 2. The second kappa shape index (κ2) is 11.6. The molecule has 2 aromatic carbocycles. The van der Waals surface area contributed by atoms with Crippen molar-refractivity contribution < 1.29 is 18.7 Å². The van der Waals surface area contributed by atoms with Crippen LogP contribution in [-0.4, -0.2) is 91.3 Å². The molecular formula is C34H39FN6O3. The number of hydrogen-bond donors (Lipinski definition) is 3. The van der Waals surface area contributed by atoms with Gasteiger partial charge in [-0.15, -0.1) is 0 Å². The first-order valence-electron chi connectivity index (χ1n) is 15.6. The number of anilines is 2. The van der Waals surface area contributed by atoms with E-state index in [1.54, 1.807) is 17.0 Å². The third kappa shape index (κ3) is 4.68. The van der Waals surface area contributed by atoms with Gasteiger partial charge in [-0.25, -0.2) is 4.39 Å². The lowest BCUT2D eigenvalue weighted by molar-refractivity contribution is -0.112. The molecule has 4 aliphatic rings. The van der Waals surface area contributed by atoms with Crippen LogP contribution in [0.2, 0.25) is 0 Å². The van der Waals surface area contributed by atoms with E-state index < -0.39 is 5.54 Å². The Hall–Kier alpha value is -3.83. The summed E-state index contributed by atoms with van der Waals surface area (Å²) in [5.41, 5.74) is 5.56. The largest absolute Gasteiger partial charge is 0.379 e. The number of rotatable bonds is 6. The minimum Gasteiger partial charge on any atom is -0.379 e. The van der Waals surface area contributed by atoms with Crippen LogP contribution in [-0.2, 0) is 9.53 Å². The first kappa shape index (κ1) is 28.9. The van der Waals surface area contributed by atoms with Gasteiger partial charge in [0.1, 0.15) is 5.82 Å². The Morgan fingerprint density at radius 1 is 1.00 bits per heavy atom. The van der Waals surface area contributed by atoms with Crippen molar-refractivity contribution in [3.63, 3.8) is 0 Å². The first-order chi connectivity index (χ1) is 21.4. The highest BCUT2D eigenvalue weighted by atomic mass is 19.1. The summed E-state index contributed by atoms with van der Waals surface area (Å²) in [5, 5.41) is 7.02. The molecule has 3 aromatic rings. The molecule has 2 fully saturated rings. The summed E-state index contributed by atoms with van der Waals surface area (Å²) >= 11 is 0. The van der Waals surface area contributed by atoms with Crippen molar-refractivity contribution >= 4 is 34.8 Å². The standard InChI is InChI=1S/C34H39FN6O3/c1-3-27-31-30(33(43)40(34(27)19-36-21-37-20-34)13-12-39-14-16-44-17-15-39)22(2)28(38-31)18-26-25-6-4-5-7-29(25)41(32(26)42)24-10-8-23(35)9-11-24/h4-11,18,27,36-38H,3,12-17,19-21H2,1-2H3/b26-18-. The lowest BCUT2D eigenvalue weighted by atomic mass is 9.72. The van der Waals surface area contributed by atoms with Gasteiger partial charge in [0.2, 0.25) is 0 Å². The number of fused-ring (bicyclic) bond motifs is 2. The molecule has 0 aliphatic carbocycles. The van der Waals surface area contributed by atoms with Crippen LogP contribution in [0.1, 0.15) is 52.1 Å². The summed E-state index contributed by atoms with van der Waals surface area (Å²) in [7, 11) is 0. The fourth-order valence-corrected chi connectivity index (χ4v) is 7.61. The number of nitrogens with one attached hydrogen (secondary N) is 3. The van der Waals surface area contributed by atoms with Crippen molar-refractivity contribution in [2.45, 2.75) is 31.7 Å². The maximum Gasteiger partial charge on any atom is 0.263 e. The third-order valence-electron chi connectivity index (χ3n) is 9.82. The van der Waals surface area contributed by atoms with E-state index in [9.17, 15) is 14.0 Å². The van der Waals surface area contributed by atoms with Gasteiger partial charge < -0.3 is 25.3 Å². The van der Waals surface area contributed by atoms with E-state index in [0.29, 0.717) is 37.6 Å². The van der Waals surface area contributed by atoms with Gasteiger partial charge in [-0.2, -0.15) is 0 Å². The van der Waals surface area contributed by atoms with Gasteiger partial charge in [0.15, 0.2) is 0 Å².